The maximum atomic E-state index is 9.11. The minimum Gasteiger partial charge on any atom is -0.506 e. The zero-order valence-corrected chi connectivity index (χ0v) is 6.93. The van der Waals surface area contributed by atoms with Crippen molar-refractivity contribution in [2.45, 2.75) is 6.92 Å². The Kier molecular flexibility index (Phi) is 2.60. The molecule has 1 aromatic rings. The smallest absolute Gasteiger partial charge is 0.141 e. The van der Waals surface area contributed by atoms with E-state index in [2.05, 4.69) is 0 Å². The number of ether oxygens (including phenoxy) is 1. The maximum absolute atomic E-state index is 9.11. The normalized spacial score (nSPS) is 9.64. The van der Waals surface area contributed by atoms with Crippen molar-refractivity contribution in [3.05, 3.63) is 23.2 Å². The SMILES string of the molecule is CCOc1cccc(O)c1Cl. The van der Waals surface area contributed by atoms with Gasteiger partial charge < -0.3 is 9.84 Å². The van der Waals surface area contributed by atoms with Gasteiger partial charge in [-0.1, -0.05) is 17.7 Å². The summed E-state index contributed by atoms with van der Waals surface area (Å²) in [4.78, 5) is 0. The average molecular weight is 173 g/mol. The van der Waals surface area contributed by atoms with E-state index in [9.17, 15) is 0 Å². The average Bonchev–Trinajstić information content (AvgIpc) is 1.99. The van der Waals surface area contributed by atoms with Gasteiger partial charge in [-0.2, -0.15) is 0 Å². The molecule has 0 aliphatic carbocycles. The number of benzene rings is 1. The Morgan fingerprint density at radius 1 is 1.55 bits per heavy atom. The molecule has 0 radical (unpaired) electrons. The number of phenolic OH excluding ortho intramolecular Hbond substituents is 1. The van der Waals surface area contributed by atoms with Crippen molar-refractivity contribution in [3.63, 3.8) is 0 Å². The molecule has 1 aromatic carbocycles. The van der Waals surface area contributed by atoms with Crippen molar-refractivity contribution in [2.24, 2.45) is 0 Å². The first-order valence-electron chi connectivity index (χ1n) is 3.36. The van der Waals surface area contributed by atoms with Gasteiger partial charge in [0.1, 0.15) is 16.5 Å². The van der Waals surface area contributed by atoms with Crippen LogP contribution in [-0.2, 0) is 0 Å². The van der Waals surface area contributed by atoms with Crippen LogP contribution in [0, 0.1) is 0 Å². The molecular weight excluding hydrogens is 164 g/mol. The Labute approximate surface area is 70.4 Å². The lowest BCUT2D eigenvalue weighted by molar-refractivity contribution is 0.338. The molecule has 11 heavy (non-hydrogen) atoms. The number of hydrogen-bond donors (Lipinski definition) is 1. The molecule has 0 unspecified atom stereocenters. The number of aromatic hydroxyl groups is 1. The number of phenols is 1. The molecule has 0 spiro atoms. The first-order chi connectivity index (χ1) is 5.25. The van der Waals surface area contributed by atoms with Gasteiger partial charge in [0.25, 0.3) is 0 Å². The Balaban J connectivity index is 2.96. The van der Waals surface area contributed by atoms with Gasteiger partial charge in [0.15, 0.2) is 0 Å². The second-order valence-corrected chi connectivity index (χ2v) is 2.40. The van der Waals surface area contributed by atoms with Gasteiger partial charge in [0.05, 0.1) is 6.61 Å². The molecule has 0 aliphatic heterocycles. The Hall–Kier alpha value is -0.890. The fourth-order valence-electron chi connectivity index (χ4n) is 0.766. The van der Waals surface area contributed by atoms with Gasteiger partial charge in [0.2, 0.25) is 0 Å². The first-order valence-corrected chi connectivity index (χ1v) is 3.73. The Morgan fingerprint density at radius 3 is 2.91 bits per heavy atom. The van der Waals surface area contributed by atoms with Crippen LogP contribution >= 0.6 is 11.6 Å². The van der Waals surface area contributed by atoms with E-state index in [-0.39, 0.29) is 10.8 Å². The van der Waals surface area contributed by atoms with Gasteiger partial charge in [-0.3, -0.25) is 0 Å². The molecule has 0 heterocycles. The summed E-state index contributed by atoms with van der Waals surface area (Å²) in [6.45, 7) is 2.41. The van der Waals surface area contributed by atoms with Crippen LogP contribution in [0.5, 0.6) is 11.5 Å². The van der Waals surface area contributed by atoms with Crippen LogP contribution in [0.3, 0.4) is 0 Å². The van der Waals surface area contributed by atoms with Crippen molar-refractivity contribution >= 4 is 11.6 Å². The summed E-state index contributed by atoms with van der Waals surface area (Å²) < 4.78 is 5.13. The topological polar surface area (TPSA) is 29.5 Å². The molecule has 1 N–H and O–H groups in total. The molecule has 0 fully saturated rings. The van der Waals surface area contributed by atoms with Crippen molar-refractivity contribution in [1.29, 1.82) is 0 Å². The fourth-order valence-corrected chi connectivity index (χ4v) is 0.947. The fraction of sp³-hybridized carbons (Fsp3) is 0.250. The molecule has 60 valence electrons. The van der Waals surface area contributed by atoms with E-state index in [4.69, 9.17) is 21.4 Å². The zero-order valence-electron chi connectivity index (χ0n) is 6.17. The summed E-state index contributed by atoms with van der Waals surface area (Å²) in [5, 5.41) is 9.39. The van der Waals surface area contributed by atoms with Gasteiger partial charge in [-0.05, 0) is 19.1 Å². The van der Waals surface area contributed by atoms with E-state index in [1.807, 2.05) is 6.92 Å². The molecule has 3 heteroatoms. The molecule has 0 amide bonds. The van der Waals surface area contributed by atoms with Crippen molar-refractivity contribution < 1.29 is 9.84 Å². The Morgan fingerprint density at radius 2 is 2.27 bits per heavy atom. The first kappa shape index (κ1) is 8.21. The van der Waals surface area contributed by atoms with Crippen LogP contribution in [-0.4, -0.2) is 11.7 Å². The van der Waals surface area contributed by atoms with Crippen LogP contribution in [0.15, 0.2) is 18.2 Å². The van der Waals surface area contributed by atoms with Crippen LogP contribution in [0.25, 0.3) is 0 Å². The minimum atomic E-state index is 0.0533. The van der Waals surface area contributed by atoms with Crippen LogP contribution in [0.4, 0.5) is 0 Å². The third-order valence-electron chi connectivity index (χ3n) is 1.24. The summed E-state index contributed by atoms with van der Waals surface area (Å²) in [5.74, 6) is 0.576. The molecule has 0 saturated carbocycles. The number of halogens is 1. The second kappa shape index (κ2) is 3.49. The predicted molar refractivity (Wildman–Crippen MR) is 44.3 cm³/mol. The third-order valence-corrected chi connectivity index (χ3v) is 1.62. The highest BCUT2D eigenvalue weighted by Gasteiger charge is 2.03. The molecule has 2 nitrogen and oxygen atoms in total. The largest absolute Gasteiger partial charge is 0.506 e. The van der Waals surface area contributed by atoms with E-state index < -0.39 is 0 Å². The lowest BCUT2D eigenvalue weighted by atomic mass is 10.3. The summed E-state index contributed by atoms with van der Waals surface area (Å²) in [6.07, 6.45) is 0. The lowest BCUT2D eigenvalue weighted by Crippen LogP contribution is -1.91. The highest BCUT2D eigenvalue weighted by atomic mass is 35.5. The van der Waals surface area contributed by atoms with E-state index in [0.29, 0.717) is 12.4 Å². The lowest BCUT2D eigenvalue weighted by Gasteiger charge is -2.05. The van der Waals surface area contributed by atoms with E-state index in [1.165, 1.54) is 6.07 Å². The highest BCUT2D eigenvalue weighted by Crippen LogP contribution is 2.32. The highest BCUT2D eigenvalue weighted by molar-refractivity contribution is 6.33. The Bertz CT molecular complexity index is 248. The van der Waals surface area contributed by atoms with E-state index in [0.717, 1.165) is 0 Å². The summed E-state index contributed by atoms with van der Waals surface area (Å²) in [7, 11) is 0. The number of hydrogen-bond acceptors (Lipinski definition) is 2. The van der Waals surface area contributed by atoms with Crippen molar-refractivity contribution in [2.75, 3.05) is 6.61 Å². The van der Waals surface area contributed by atoms with Crippen LogP contribution < -0.4 is 4.74 Å². The monoisotopic (exact) mass is 172 g/mol. The molecule has 1 rings (SSSR count). The van der Waals surface area contributed by atoms with Crippen molar-refractivity contribution in [3.8, 4) is 11.5 Å². The standard InChI is InChI=1S/C8H9ClO2/c1-2-11-7-5-3-4-6(10)8(7)9/h3-5,10H,2H2,1H3. The van der Waals surface area contributed by atoms with E-state index in [1.54, 1.807) is 12.1 Å². The predicted octanol–water partition coefficient (Wildman–Crippen LogP) is 2.44. The molecular formula is C8H9ClO2. The number of rotatable bonds is 2. The summed E-state index contributed by atoms with van der Waals surface area (Å²) >= 11 is 5.70. The van der Waals surface area contributed by atoms with Crippen LogP contribution in [0.1, 0.15) is 6.92 Å². The van der Waals surface area contributed by atoms with Crippen LogP contribution in [0.2, 0.25) is 5.02 Å². The molecule has 0 bridgehead atoms. The molecule has 0 aliphatic rings. The van der Waals surface area contributed by atoms with E-state index >= 15 is 0 Å². The van der Waals surface area contributed by atoms with Gasteiger partial charge in [-0.15, -0.1) is 0 Å². The molecule has 0 saturated heterocycles. The molecule has 0 aromatic heterocycles. The maximum Gasteiger partial charge on any atom is 0.141 e. The third kappa shape index (κ3) is 1.77. The van der Waals surface area contributed by atoms with Crippen molar-refractivity contribution in [1.82, 2.24) is 0 Å². The second-order valence-electron chi connectivity index (χ2n) is 2.02. The zero-order chi connectivity index (χ0) is 8.27. The summed E-state index contributed by atoms with van der Waals surface area (Å²) in [5.41, 5.74) is 0. The van der Waals surface area contributed by atoms with Gasteiger partial charge in [0, 0.05) is 0 Å². The molecule has 0 atom stereocenters. The van der Waals surface area contributed by atoms with Gasteiger partial charge >= 0.3 is 0 Å². The summed E-state index contributed by atoms with van der Waals surface area (Å²) in [6, 6.07) is 4.92. The van der Waals surface area contributed by atoms with Gasteiger partial charge in [-0.25, -0.2) is 0 Å². The quantitative estimate of drug-likeness (QED) is 0.743. The minimum absolute atomic E-state index is 0.0533.